The van der Waals surface area contributed by atoms with E-state index in [1.54, 1.807) is 6.07 Å². The van der Waals surface area contributed by atoms with Gasteiger partial charge in [-0.1, -0.05) is 42.8 Å². The summed E-state index contributed by atoms with van der Waals surface area (Å²) in [7, 11) is 0. The highest BCUT2D eigenvalue weighted by atomic mass is 19.1. The van der Waals surface area contributed by atoms with Gasteiger partial charge in [-0.05, 0) is 68.9 Å². The molecule has 0 saturated heterocycles. The molecule has 140 valence electrons. The number of unbranched alkanes of at least 4 members (excludes halogenated alkanes) is 2. The number of carbonyl (C=O) groups excluding carboxylic acids is 1. The summed E-state index contributed by atoms with van der Waals surface area (Å²) in [5, 5.41) is 2.77. The van der Waals surface area contributed by atoms with E-state index in [9.17, 15) is 9.18 Å². The molecule has 0 saturated carbocycles. The molecule has 0 heterocycles. The van der Waals surface area contributed by atoms with E-state index in [0.717, 1.165) is 42.4 Å². The van der Waals surface area contributed by atoms with Crippen LogP contribution in [0.4, 0.5) is 9.18 Å². The van der Waals surface area contributed by atoms with Gasteiger partial charge in [-0.3, -0.25) is 0 Å². The molecule has 0 spiro atoms. The number of hydrogen-bond acceptors (Lipinski definition) is 2. The molecule has 2 aromatic carbocycles. The van der Waals surface area contributed by atoms with E-state index in [-0.39, 0.29) is 11.9 Å². The third-order valence-electron chi connectivity index (χ3n) is 3.95. The van der Waals surface area contributed by atoms with Gasteiger partial charge in [0.25, 0.3) is 0 Å². The van der Waals surface area contributed by atoms with E-state index in [1.807, 2.05) is 57.2 Å². The first kappa shape index (κ1) is 20.0. The third kappa shape index (κ3) is 6.87. The molecule has 26 heavy (non-hydrogen) atoms. The van der Waals surface area contributed by atoms with Crippen LogP contribution in [0.1, 0.15) is 45.6 Å². The lowest BCUT2D eigenvalue weighted by molar-refractivity contribution is 0.0527. The zero-order valence-electron chi connectivity index (χ0n) is 15.8. The number of carbonyl (C=O) groups is 1. The van der Waals surface area contributed by atoms with Crippen molar-refractivity contribution in [2.45, 2.75) is 52.1 Å². The van der Waals surface area contributed by atoms with Crippen LogP contribution in [0.2, 0.25) is 0 Å². The maximum atomic E-state index is 13.7. The number of halogens is 1. The molecule has 0 bridgehead atoms. The summed E-state index contributed by atoms with van der Waals surface area (Å²) in [6.45, 7) is 6.14. The smallest absolute Gasteiger partial charge is 0.407 e. The Kier molecular flexibility index (Phi) is 7.19. The van der Waals surface area contributed by atoms with Crippen molar-refractivity contribution in [3.05, 3.63) is 59.9 Å². The molecule has 0 aromatic heterocycles. The fourth-order valence-corrected chi connectivity index (χ4v) is 2.77. The van der Waals surface area contributed by atoms with Crippen LogP contribution in [-0.2, 0) is 11.2 Å². The summed E-state index contributed by atoms with van der Waals surface area (Å²) in [5.41, 5.74) is 2.67. The minimum atomic E-state index is -0.472. The molecule has 3 nitrogen and oxygen atoms in total. The highest BCUT2D eigenvalue weighted by Crippen LogP contribution is 2.26. The summed E-state index contributed by atoms with van der Waals surface area (Å²) in [4.78, 5) is 11.6. The fraction of sp³-hybridized carbons (Fsp3) is 0.409. The Bertz CT molecular complexity index is 708. The Labute approximate surface area is 155 Å². The van der Waals surface area contributed by atoms with Crippen molar-refractivity contribution in [3.8, 4) is 11.1 Å². The van der Waals surface area contributed by atoms with Crippen LogP contribution in [0.15, 0.2) is 48.5 Å². The molecule has 1 amide bonds. The van der Waals surface area contributed by atoms with Crippen molar-refractivity contribution in [2.75, 3.05) is 6.54 Å². The number of nitrogens with one attached hydrogen (secondary N) is 1. The van der Waals surface area contributed by atoms with Gasteiger partial charge in [-0.15, -0.1) is 0 Å². The molecule has 0 fully saturated rings. The Morgan fingerprint density at radius 1 is 1.04 bits per heavy atom. The summed E-state index contributed by atoms with van der Waals surface area (Å²) in [5.74, 6) is -0.214. The highest BCUT2D eigenvalue weighted by molar-refractivity contribution is 5.68. The maximum absolute atomic E-state index is 13.7. The van der Waals surface area contributed by atoms with Crippen LogP contribution >= 0.6 is 0 Å². The Morgan fingerprint density at radius 2 is 1.77 bits per heavy atom. The first-order valence-corrected chi connectivity index (χ1v) is 9.16. The van der Waals surface area contributed by atoms with E-state index < -0.39 is 5.60 Å². The predicted octanol–water partition coefficient (Wildman–Crippen LogP) is 5.73. The van der Waals surface area contributed by atoms with Crippen molar-refractivity contribution in [1.29, 1.82) is 0 Å². The summed E-state index contributed by atoms with van der Waals surface area (Å²) >= 11 is 0. The average molecular weight is 357 g/mol. The second-order valence-electron chi connectivity index (χ2n) is 7.41. The van der Waals surface area contributed by atoms with Crippen LogP contribution in [0.5, 0.6) is 0 Å². The van der Waals surface area contributed by atoms with E-state index in [2.05, 4.69) is 5.32 Å². The van der Waals surface area contributed by atoms with Gasteiger partial charge in [0.05, 0.1) is 0 Å². The van der Waals surface area contributed by atoms with Crippen LogP contribution < -0.4 is 5.32 Å². The first-order valence-electron chi connectivity index (χ1n) is 9.16. The molecule has 2 rings (SSSR count). The number of amides is 1. The molecule has 0 aliphatic carbocycles. The Balaban J connectivity index is 1.79. The van der Waals surface area contributed by atoms with Gasteiger partial charge in [0, 0.05) is 6.54 Å². The maximum Gasteiger partial charge on any atom is 0.407 e. The fourth-order valence-electron chi connectivity index (χ4n) is 2.77. The second-order valence-corrected chi connectivity index (χ2v) is 7.41. The second kappa shape index (κ2) is 9.37. The Hall–Kier alpha value is -2.36. The van der Waals surface area contributed by atoms with Gasteiger partial charge < -0.3 is 10.1 Å². The van der Waals surface area contributed by atoms with Gasteiger partial charge in [-0.2, -0.15) is 0 Å². The zero-order chi connectivity index (χ0) is 19.0. The van der Waals surface area contributed by atoms with E-state index in [0.29, 0.717) is 6.54 Å². The number of aryl methyl sites for hydroxylation is 1. The standard InChI is InChI=1S/C22H28FNO2/c1-22(2,3)26-21(25)24-15-9-5-8-12-18-13-14-19(23)16-20(18)17-10-6-4-7-11-17/h4,6-7,10-11,13-14,16H,5,8-9,12,15H2,1-3H3,(H,24,25). The van der Waals surface area contributed by atoms with Gasteiger partial charge in [0.2, 0.25) is 0 Å². The zero-order valence-corrected chi connectivity index (χ0v) is 15.8. The molecule has 0 aliphatic rings. The van der Waals surface area contributed by atoms with Gasteiger partial charge in [-0.25, -0.2) is 9.18 Å². The minimum absolute atomic E-state index is 0.214. The van der Waals surface area contributed by atoms with Crippen LogP contribution in [0.25, 0.3) is 11.1 Å². The van der Waals surface area contributed by atoms with Gasteiger partial charge >= 0.3 is 6.09 Å². The number of benzene rings is 2. The monoisotopic (exact) mass is 357 g/mol. The van der Waals surface area contributed by atoms with Crippen LogP contribution in [0.3, 0.4) is 0 Å². The first-order chi connectivity index (χ1) is 12.3. The lowest BCUT2D eigenvalue weighted by Crippen LogP contribution is -2.32. The molecule has 4 heteroatoms. The van der Waals surface area contributed by atoms with Crippen molar-refractivity contribution in [2.24, 2.45) is 0 Å². The summed E-state index contributed by atoms with van der Waals surface area (Å²) < 4.78 is 18.9. The largest absolute Gasteiger partial charge is 0.444 e. The predicted molar refractivity (Wildman–Crippen MR) is 104 cm³/mol. The van der Waals surface area contributed by atoms with Gasteiger partial charge in [0.15, 0.2) is 0 Å². The molecular weight excluding hydrogens is 329 g/mol. The molecule has 0 unspecified atom stereocenters. The van der Waals surface area contributed by atoms with Gasteiger partial charge in [0.1, 0.15) is 11.4 Å². The topological polar surface area (TPSA) is 38.3 Å². The molecule has 1 N–H and O–H groups in total. The molecular formula is C22H28FNO2. The normalized spacial score (nSPS) is 11.2. The number of rotatable bonds is 7. The lowest BCUT2D eigenvalue weighted by Gasteiger charge is -2.19. The van der Waals surface area contributed by atoms with Crippen molar-refractivity contribution < 1.29 is 13.9 Å². The van der Waals surface area contributed by atoms with Crippen molar-refractivity contribution >= 4 is 6.09 Å². The SMILES string of the molecule is CC(C)(C)OC(=O)NCCCCCc1ccc(F)cc1-c1ccccc1. The number of hydrogen-bond donors (Lipinski definition) is 1. The van der Waals surface area contributed by atoms with Crippen molar-refractivity contribution in [1.82, 2.24) is 5.32 Å². The van der Waals surface area contributed by atoms with E-state index in [4.69, 9.17) is 4.74 Å². The van der Waals surface area contributed by atoms with Crippen molar-refractivity contribution in [3.63, 3.8) is 0 Å². The van der Waals surface area contributed by atoms with Crippen LogP contribution in [-0.4, -0.2) is 18.2 Å². The summed E-state index contributed by atoms with van der Waals surface area (Å²) in [6, 6.07) is 14.9. The molecule has 2 aromatic rings. The molecule has 0 aliphatic heterocycles. The summed E-state index contributed by atoms with van der Waals surface area (Å²) in [6.07, 6.45) is 3.38. The Morgan fingerprint density at radius 3 is 2.46 bits per heavy atom. The van der Waals surface area contributed by atoms with E-state index >= 15 is 0 Å². The quantitative estimate of drug-likeness (QED) is 0.643. The number of alkyl carbamates (subject to hydrolysis) is 1. The minimum Gasteiger partial charge on any atom is -0.444 e. The average Bonchev–Trinajstić information content (AvgIpc) is 2.58. The lowest BCUT2D eigenvalue weighted by atomic mass is 9.96. The number of ether oxygens (including phenoxy) is 1. The van der Waals surface area contributed by atoms with E-state index in [1.165, 1.54) is 6.07 Å². The third-order valence-corrected chi connectivity index (χ3v) is 3.95. The molecule has 0 atom stereocenters. The van der Waals surface area contributed by atoms with Crippen LogP contribution in [0, 0.1) is 5.82 Å². The molecule has 0 radical (unpaired) electrons. The highest BCUT2D eigenvalue weighted by Gasteiger charge is 2.15.